The zero-order valence-corrected chi connectivity index (χ0v) is 16.2. The van der Waals surface area contributed by atoms with Gasteiger partial charge < -0.3 is 14.6 Å². The van der Waals surface area contributed by atoms with Crippen LogP contribution in [0.4, 0.5) is 4.79 Å². The summed E-state index contributed by atoms with van der Waals surface area (Å²) in [5, 5.41) is 6.83. The molecule has 0 saturated carbocycles. The minimum absolute atomic E-state index is 0.218. The lowest BCUT2D eigenvalue weighted by Crippen LogP contribution is -2.19. The van der Waals surface area contributed by atoms with Gasteiger partial charge in [-0.1, -0.05) is 47.3 Å². The summed E-state index contributed by atoms with van der Waals surface area (Å²) >= 11 is 0. The molecule has 0 spiro atoms. The molecule has 1 aliphatic heterocycles. The smallest absolute Gasteiger partial charge is 0.408 e. The molecule has 0 bridgehead atoms. The number of aromatic nitrogens is 3. The van der Waals surface area contributed by atoms with E-state index in [9.17, 15) is 4.79 Å². The van der Waals surface area contributed by atoms with Crippen LogP contribution in [0.15, 0.2) is 83.6 Å². The van der Waals surface area contributed by atoms with E-state index in [1.54, 1.807) is 24.5 Å². The molecule has 1 N–H and O–H groups in total. The highest BCUT2D eigenvalue weighted by Crippen LogP contribution is 2.36. The van der Waals surface area contributed by atoms with Crippen molar-refractivity contribution in [2.24, 2.45) is 0 Å². The van der Waals surface area contributed by atoms with E-state index in [1.165, 1.54) is 0 Å². The van der Waals surface area contributed by atoms with Gasteiger partial charge >= 0.3 is 6.09 Å². The molecule has 0 aliphatic carbocycles. The van der Waals surface area contributed by atoms with Gasteiger partial charge in [0.1, 0.15) is 6.04 Å². The number of nitrogens with one attached hydrogen (secondary N) is 1. The van der Waals surface area contributed by atoms with Crippen LogP contribution in [0.25, 0.3) is 11.4 Å². The van der Waals surface area contributed by atoms with Crippen molar-refractivity contribution in [1.82, 2.24) is 20.4 Å². The Hall–Kier alpha value is -4.44. The van der Waals surface area contributed by atoms with Gasteiger partial charge in [0.2, 0.25) is 11.9 Å². The fraction of sp³-hybridized carbons (Fsp3) is 0.0833. The van der Waals surface area contributed by atoms with Crippen LogP contribution >= 0.6 is 0 Å². The third-order valence-electron chi connectivity index (χ3n) is 4.80. The molecule has 7 nitrogen and oxygen atoms in total. The van der Waals surface area contributed by atoms with E-state index in [1.807, 2.05) is 54.6 Å². The fourth-order valence-electron chi connectivity index (χ4n) is 3.32. The SMILES string of the molecule is O=C1N[C@@H](c2cccc(C#Cc3ccccc3)c2)[C@H](c2nc(-c3ccncc3)no2)O1. The van der Waals surface area contributed by atoms with Crippen LogP contribution < -0.4 is 5.32 Å². The summed E-state index contributed by atoms with van der Waals surface area (Å²) in [5.74, 6) is 6.92. The minimum atomic E-state index is -0.743. The predicted octanol–water partition coefficient (Wildman–Crippen LogP) is 4.05. The Labute approximate surface area is 178 Å². The summed E-state index contributed by atoms with van der Waals surface area (Å²) in [7, 11) is 0. The van der Waals surface area contributed by atoms with Crippen molar-refractivity contribution in [2.75, 3.05) is 0 Å². The third kappa shape index (κ3) is 4.00. The first-order chi connectivity index (χ1) is 15.3. The minimum Gasteiger partial charge on any atom is -0.433 e. The molecule has 2 atom stereocenters. The second-order valence-electron chi connectivity index (χ2n) is 6.88. The molecule has 1 aliphatic rings. The number of pyridine rings is 1. The lowest BCUT2D eigenvalue weighted by atomic mass is 10.00. The molecule has 1 fully saturated rings. The maximum atomic E-state index is 12.0. The average molecular weight is 408 g/mol. The van der Waals surface area contributed by atoms with Crippen molar-refractivity contribution >= 4 is 6.09 Å². The number of hydrogen-bond donors (Lipinski definition) is 1. The van der Waals surface area contributed by atoms with Gasteiger partial charge in [-0.05, 0) is 42.0 Å². The lowest BCUT2D eigenvalue weighted by Gasteiger charge is -2.14. The van der Waals surface area contributed by atoms with Crippen LogP contribution in [0.3, 0.4) is 0 Å². The Balaban J connectivity index is 1.43. The van der Waals surface area contributed by atoms with E-state index < -0.39 is 18.2 Å². The summed E-state index contributed by atoms with van der Waals surface area (Å²) in [4.78, 5) is 20.4. The van der Waals surface area contributed by atoms with E-state index in [0.717, 1.165) is 22.3 Å². The normalized spacial score (nSPS) is 17.4. The molecule has 5 rings (SSSR count). The molecule has 31 heavy (non-hydrogen) atoms. The molecule has 0 unspecified atom stereocenters. The molecule has 4 aromatic rings. The zero-order valence-electron chi connectivity index (χ0n) is 16.2. The number of nitrogens with zero attached hydrogens (tertiary/aromatic N) is 3. The largest absolute Gasteiger partial charge is 0.433 e. The highest BCUT2D eigenvalue weighted by atomic mass is 16.6. The van der Waals surface area contributed by atoms with E-state index in [4.69, 9.17) is 9.26 Å². The van der Waals surface area contributed by atoms with Crippen molar-refractivity contribution in [1.29, 1.82) is 0 Å². The first kappa shape index (κ1) is 18.6. The second-order valence-corrected chi connectivity index (χ2v) is 6.88. The van der Waals surface area contributed by atoms with E-state index in [-0.39, 0.29) is 5.89 Å². The highest BCUT2D eigenvalue weighted by Gasteiger charge is 2.40. The topological polar surface area (TPSA) is 90.1 Å². The number of ether oxygens (including phenoxy) is 1. The Kier molecular flexibility index (Phi) is 4.87. The number of carbonyl (C=O) groups is 1. The maximum absolute atomic E-state index is 12.0. The van der Waals surface area contributed by atoms with Crippen LogP contribution in [0.1, 0.15) is 34.7 Å². The van der Waals surface area contributed by atoms with Crippen molar-refractivity contribution in [3.63, 3.8) is 0 Å². The molecule has 0 radical (unpaired) electrons. The fourth-order valence-corrected chi connectivity index (χ4v) is 3.32. The monoisotopic (exact) mass is 408 g/mol. The molecule has 2 aromatic heterocycles. The van der Waals surface area contributed by atoms with Gasteiger partial charge in [0.15, 0.2) is 0 Å². The van der Waals surface area contributed by atoms with Gasteiger partial charge in [-0.3, -0.25) is 4.98 Å². The molecule has 1 amide bonds. The Morgan fingerprint density at radius 1 is 0.903 bits per heavy atom. The van der Waals surface area contributed by atoms with Crippen molar-refractivity contribution in [2.45, 2.75) is 12.1 Å². The first-order valence-electron chi connectivity index (χ1n) is 9.64. The van der Waals surface area contributed by atoms with Gasteiger partial charge in [0.25, 0.3) is 5.89 Å². The molecule has 150 valence electrons. The van der Waals surface area contributed by atoms with Gasteiger partial charge in [0.05, 0.1) is 0 Å². The summed E-state index contributed by atoms with van der Waals surface area (Å²) in [6, 6.07) is 20.5. The third-order valence-corrected chi connectivity index (χ3v) is 4.80. The number of carbonyl (C=O) groups excluding carboxylic acids is 1. The average Bonchev–Trinajstić information content (AvgIpc) is 3.46. The summed E-state index contributed by atoms with van der Waals surface area (Å²) < 4.78 is 10.9. The predicted molar refractivity (Wildman–Crippen MR) is 111 cm³/mol. The van der Waals surface area contributed by atoms with Crippen molar-refractivity contribution in [3.05, 3.63) is 102 Å². The molecule has 3 heterocycles. The van der Waals surface area contributed by atoms with Crippen molar-refractivity contribution in [3.8, 4) is 23.2 Å². The Morgan fingerprint density at radius 3 is 2.52 bits per heavy atom. The number of alkyl carbamates (subject to hydrolysis) is 1. The summed E-state index contributed by atoms with van der Waals surface area (Å²) in [5.41, 5.74) is 3.35. The highest BCUT2D eigenvalue weighted by molar-refractivity contribution is 5.71. The molecule has 2 aromatic carbocycles. The standard InChI is InChI=1S/C24H16N4O3/c29-24-26-20(19-8-4-7-17(15-19)10-9-16-5-2-1-3-6-16)21(30-24)23-27-22(28-31-23)18-11-13-25-14-12-18/h1-8,11-15,20-21H,(H,26,29)/t20-,21+/m0/s1. The Morgan fingerprint density at radius 2 is 1.68 bits per heavy atom. The number of rotatable bonds is 3. The van der Waals surface area contributed by atoms with Gasteiger partial charge in [-0.2, -0.15) is 4.98 Å². The number of amides is 1. The van der Waals surface area contributed by atoms with Gasteiger partial charge in [0, 0.05) is 29.1 Å². The molecule has 7 heteroatoms. The summed E-state index contributed by atoms with van der Waals surface area (Å²) in [6.45, 7) is 0. The van der Waals surface area contributed by atoms with Gasteiger partial charge in [-0.25, -0.2) is 4.79 Å². The number of cyclic esters (lactones) is 1. The molecular weight excluding hydrogens is 392 g/mol. The molecule has 1 saturated heterocycles. The van der Waals surface area contributed by atoms with Crippen LogP contribution in [-0.4, -0.2) is 21.2 Å². The lowest BCUT2D eigenvalue weighted by molar-refractivity contribution is 0.108. The van der Waals surface area contributed by atoms with E-state index in [0.29, 0.717) is 5.82 Å². The zero-order chi connectivity index (χ0) is 21.0. The number of hydrogen-bond acceptors (Lipinski definition) is 6. The van der Waals surface area contributed by atoms with Crippen LogP contribution in [0.2, 0.25) is 0 Å². The molecular formula is C24H16N4O3. The van der Waals surface area contributed by atoms with Crippen LogP contribution in [-0.2, 0) is 4.74 Å². The van der Waals surface area contributed by atoms with Crippen LogP contribution in [0, 0.1) is 11.8 Å². The first-order valence-corrected chi connectivity index (χ1v) is 9.64. The quantitative estimate of drug-likeness (QED) is 0.514. The van der Waals surface area contributed by atoms with Crippen LogP contribution in [0.5, 0.6) is 0 Å². The van der Waals surface area contributed by atoms with E-state index >= 15 is 0 Å². The number of benzene rings is 2. The summed E-state index contributed by atoms with van der Waals surface area (Å²) in [6.07, 6.45) is 2.01. The van der Waals surface area contributed by atoms with Crippen molar-refractivity contribution < 1.29 is 14.1 Å². The van der Waals surface area contributed by atoms with E-state index in [2.05, 4.69) is 32.3 Å². The van der Waals surface area contributed by atoms with Gasteiger partial charge in [-0.15, -0.1) is 0 Å². The Bertz CT molecular complexity index is 1280. The maximum Gasteiger partial charge on any atom is 0.408 e. The second kappa shape index (κ2) is 8.13.